The Morgan fingerprint density at radius 1 is 1.31 bits per heavy atom. The van der Waals surface area contributed by atoms with E-state index < -0.39 is 20.2 Å². The molecule has 8 heteroatoms. The van der Waals surface area contributed by atoms with Crippen molar-refractivity contribution in [1.29, 1.82) is 0 Å². The fourth-order valence-electron chi connectivity index (χ4n) is 1.01. The van der Waals surface area contributed by atoms with E-state index in [9.17, 15) is 21.6 Å². The molecule has 16 heavy (non-hydrogen) atoms. The van der Waals surface area contributed by atoms with Gasteiger partial charge in [0.05, 0.1) is 17.7 Å². The molecule has 0 fully saturated rings. The highest BCUT2D eigenvalue weighted by atomic mass is 32.2. The molecule has 0 aromatic heterocycles. The molecule has 0 amide bonds. The summed E-state index contributed by atoms with van der Waals surface area (Å²) < 4.78 is 63.2. The van der Waals surface area contributed by atoms with Gasteiger partial charge >= 0.3 is 5.51 Å². The number of halogens is 3. The first-order chi connectivity index (χ1) is 7.20. The molecule has 0 aliphatic heterocycles. The summed E-state index contributed by atoms with van der Waals surface area (Å²) in [5.41, 5.74) is -0.198. The molecular formula is C8H8F3NO3S. The van der Waals surface area contributed by atoms with Gasteiger partial charge in [-0.2, -0.15) is 13.2 Å². The number of anilines is 1. The molecule has 1 aromatic rings. The second-order valence-corrected chi connectivity index (χ2v) is 4.79. The van der Waals surface area contributed by atoms with E-state index in [2.05, 4.69) is 0 Å². The van der Waals surface area contributed by atoms with Crippen LogP contribution in [0.4, 0.5) is 18.9 Å². The lowest BCUT2D eigenvalue weighted by atomic mass is 10.3. The fourth-order valence-corrected chi connectivity index (χ4v) is 1.81. The van der Waals surface area contributed by atoms with Crippen molar-refractivity contribution in [1.82, 2.24) is 0 Å². The van der Waals surface area contributed by atoms with Crippen molar-refractivity contribution in [3.05, 3.63) is 18.2 Å². The number of alkyl halides is 3. The smallest absolute Gasteiger partial charge is 0.495 e. The predicted molar refractivity (Wildman–Crippen MR) is 50.6 cm³/mol. The molecule has 0 bridgehead atoms. The summed E-state index contributed by atoms with van der Waals surface area (Å²) in [6.07, 6.45) is 0. The Bertz CT molecular complexity index is 496. The van der Waals surface area contributed by atoms with Crippen LogP contribution in [-0.4, -0.2) is 21.0 Å². The molecule has 0 saturated carbocycles. The van der Waals surface area contributed by atoms with Crippen molar-refractivity contribution in [3.63, 3.8) is 0 Å². The van der Waals surface area contributed by atoms with E-state index in [0.29, 0.717) is 6.07 Å². The van der Waals surface area contributed by atoms with Crippen LogP contribution < -0.4 is 10.5 Å². The van der Waals surface area contributed by atoms with E-state index in [-0.39, 0.29) is 11.4 Å². The van der Waals surface area contributed by atoms with Gasteiger partial charge in [-0.25, -0.2) is 8.42 Å². The summed E-state index contributed by atoms with van der Waals surface area (Å²) in [4.78, 5) is -0.904. The van der Waals surface area contributed by atoms with Gasteiger partial charge in [0.2, 0.25) is 0 Å². The second kappa shape index (κ2) is 3.85. The van der Waals surface area contributed by atoms with Crippen LogP contribution in [0.5, 0.6) is 5.75 Å². The maximum absolute atomic E-state index is 12.2. The third kappa shape index (κ3) is 2.06. The van der Waals surface area contributed by atoms with Crippen LogP contribution in [0, 0.1) is 0 Å². The summed E-state index contributed by atoms with van der Waals surface area (Å²) >= 11 is 0. The average molecular weight is 255 g/mol. The van der Waals surface area contributed by atoms with Crippen LogP contribution in [0.3, 0.4) is 0 Å². The summed E-state index contributed by atoms with van der Waals surface area (Å²) in [6, 6.07) is 2.56. The Balaban J connectivity index is 3.32. The van der Waals surface area contributed by atoms with Crippen LogP contribution >= 0.6 is 0 Å². The van der Waals surface area contributed by atoms with Crippen molar-refractivity contribution in [2.45, 2.75) is 10.4 Å². The Labute approximate surface area is 89.7 Å². The molecule has 0 aliphatic carbocycles. The van der Waals surface area contributed by atoms with Crippen molar-refractivity contribution < 1.29 is 26.3 Å². The van der Waals surface area contributed by atoms with E-state index in [1.807, 2.05) is 0 Å². The Morgan fingerprint density at radius 3 is 2.25 bits per heavy atom. The molecule has 2 N–H and O–H groups in total. The van der Waals surface area contributed by atoms with Gasteiger partial charge in [0.1, 0.15) is 5.75 Å². The van der Waals surface area contributed by atoms with Crippen molar-refractivity contribution >= 4 is 15.5 Å². The third-order valence-corrected chi connectivity index (χ3v) is 3.30. The minimum absolute atomic E-state index is 0.112. The monoisotopic (exact) mass is 255 g/mol. The van der Waals surface area contributed by atoms with Gasteiger partial charge in [-0.1, -0.05) is 0 Å². The zero-order valence-corrected chi connectivity index (χ0v) is 8.89. The number of rotatable bonds is 2. The first-order valence-corrected chi connectivity index (χ1v) is 5.43. The highest BCUT2D eigenvalue weighted by Gasteiger charge is 2.46. The predicted octanol–water partition coefficient (Wildman–Crippen LogP) is 1.57. The zero-order chi connectivity index (χ0) is 12.6. The molecule has 0 heterocycles. The number of sulfone groups is 1. The van der Waals surface area contributed by atoms with Gasteiger partial charge in [0.15, 0.2) is 0 Å². The standard InChI is InChI=1S/C8H8F3NO3S/c1-15-7-3-2-5(4-6(7)12)16(13,14)8(9,10)11/h2-4H,12H2,1H3. The Kier molecular flexibility index (Phi) is 3.04. The number of ether oxygens (including phenoxy) is 1. The molecule has 0 atom stereocenters. The summed E-state index contributed by atoms with van der Waals surface area (Å²) in [5.74, 6) is 0.112. The fraction of sp³-hybridized carbons (Fsp3) is 0.250. The molecule has 90 valence electrons. The van der Waals surface area contributed by atoms with Crippen molar-refractivity contribution in [2.24, 2.45) is 0 Å². The minimum Gasteiger partial charge on any atom is -0.495 e. The maximum Gasteiger partial charge on any atom is 0.501 e. The van der Waals surface area contributed by atoms with Crippen LogP contribution in [-0.2, 0) is 9.84 Å². The van der Waals surface area contributed by atoms with Crippen LogP contribution in [0.25, 0.3) is 0 Å². The highest BCUT2D eigenvalue weighted by molar-refractivity contribution is 7.92. The molecule has 0 aliphatic rings. The number of hydrogen-bond donors (Lipinski definition) is 1. The van der Waals surface area contributed by atoms with Gasteiger partial charge in [0.25, 0.3) is 9.84 Å². The van der Waals surface area contributed by atoms with Gasteiger partial charge in [0, 0.05) is 0 Å². The molecule has 4 nitrogen and oxygen atoms in total. The largest absolute Gasteiger partial charge is 0.501 e. The first kappa shape index (κ1) is 12.6. The molecule has 1 aromatic carbocycles. The van der Waals surface area contributed by atoms with E-state index in [4.69, 9.17) is 10.5 Å². The third-order valence-electron chi connectivity index (χ3n) is 1.82. The van der Waals surface area contributed by atoms with Crippen LogP contribution in [0.1, 0.15) is 0 Å². The Hall–Kier alpha value is -1.44. The number of nitrogens with two attached hydrogens (primary N) is 1. The number of hydrogen-bond acceptors (Lipinski definition) is 4. The lowest BCUT2D eigenvalue weighted by Gasteiger charge is -2.10. The molecule has 0 spiro atoms. The summed E-state index contributed by atoms with van der Waals surface area (Å²) in [5, 5.41) is 0. The lowest BCUT2D eigenvalue weighted by molar-refractivity contribution is -0.0435. The van der Waals surface area contributed by atoms with Gasteiger partial charge in [-0.3, -0.25) is 0 Å². The summed E-state index contributed by atoms with van der Waals surface area (Å²) in [7, 11) is -4.09. The SMILES string of the molecule is COc1ccc(S(=O)(=O)C(F)(F)F)cc1N. The van der Waals surface area contributed by atoms with Crippen molar-refractivity contribution in [2.75, 3.05) is 12.8 Å². The summed E-state index contributed by atoms with van der Waals surface area (Å²) in [6.45, 7) is 0. The number of nitrogen functional groups attached to an aromatic ring is 1. The van der Waals surface area contributed by atoms with Crippen LogP contribution in [0.2, 0.25) is 0 Å². The van der Waals surface area contributed by atoms with E-state index in [0.717, 1.165) is 12.1 Å². The Morgan fingerprint density at radius 2 is 1.88 bits per heavy atom. The molecule has 0 radical (unpaired) electrons. The second-order valence-electron chi connectivity index (χ2n) is 2.85. The quantitative estimate of drug-likeness (QED) is 0.814. The molecule has 0 saturated heterocycles. The lowest BCUT2D eigenvalue weighted by Crippen LogP contribution is -2.23. The van der Waals surface area contributed by atoms with E-state index in [1.54, 1.807) is 0 Å². The minimum atomic E-state index is -5.36. The topological polar surface area (TPSA) is 69.4 Å². The van der Waals surface area contributed by atoms with Gasteiger partial charge in [-0.15, -0.1) is 0 Å². The number of benzene rings is 1. The maximum atomic E-state index is 12.2. The first-order valence-electron chi connectivity index (χ1n) is 3.95. The van der Waals surface area contributed by atoms with Crippen molar-refractivity contribution in [3.8, 4) is 5.75 Å². The van der Waals surface area contributed by atoms with Gasteiger partial charge in [-0.05, 0) is 18.2 Å². The van der Waals surface area contributed by atoms with Crippen LogP contribution in [0.15, 0.2) is 23.1 Å². The van der Waals surface area contributed by atoms with E-state index in [1.165, 1.54) is 7.11 Å². The molecule has 0 unspecified atom stereocenters. The zero-order valence-electron chi connectivity index (χ0n) is 8.08. The normalized spacial score (nSPS) is 12.5. The number of methoxy groups -OCH3 is 1. The van der Waals surface area contributed by atoms with E-state index >= 15 is 0 Å². The average Bonchev–Trinajstić information content (AvgIpc) is 2.15. The molecule has 1 rings (SSSR count). The van der Waals surface area contributed by atoms with Gasteiger partial charge < -0.3 is 10.5 Å². The molecular weight excluding hydrogens is 247 g/mol. The highest BCUT2D eigenvalue weighted by Crippen LogP contribution is 2.33.